The molecule has 0 bridgehead atoms. The van der Waals surface area contributed by atoms with Gasteiger partial charge in [0, 0.05) is 17.4 Å². The molecule has 0 radical (unpaired) electrons. The van der Waals surface area contributed by atoms with Crippen molar-refractivity contribution in [2.45, 2.75) is 6.92 Å². The van der Waals surface area contributed by atoms with E-state index in [9.17, 15) is 18.8 Å². The topological polar surface area (TPSA) is 102 Å². The number of rotatable bonds is 5. The second-order valence-electron chi connectivity index (χ2n) is 6.75. The lowest BCUT2D eigenvalue weighted by Crippen LogP contribution is -2.25. The molecule has 4 rings (SSSR count). The molecule has 2 aromatic heterocycles. The van der Waals surface area contributed by atoms with Gasteiger partial charge in [-0.05, 0) is 43.3 Å². The van der Waals surface area contributed by atoms with Crippen molar-refractivity contribution in [3.05, 3.63) is 87.0 Å². The molecular formula is C22H17FN4O4S. The minimum absolute atomic E-state index is 0.0167. The molecule has 0 spiro atoms. The van der Waals surface area contributed by atoms with Crippen LogP contribution in [0.1, 0.15) is 25.9 Å². The SMILES string of the molecule is COc1ccccc1NC(=O)c1c(C(=O)Nc2ccc(F)cc2)sc2nc(C)cc(=O)n12. The molecule has 0 saturated heterocycles. The number of carbonyl (C=O) groups excluding carboxylic acids is 2. The second kappa shape index (κ2) is 8.60. The van der Waals surface area contributed by atoms with Gasteiger partial charge in [-0.3, -0.25) is 14.4 Å². The number of aromatic nitrogens is 2. The van der Waals surface area contributed by atoms with Crippen LogP contribution in [0.15, 0.2) is 59.4 Å². The molecule has 0 aliphatic heterocycles. The Morgan fingerprint density at radius 1 is 1.06 bits per heavy atom. The van der Waals surface area contributed by atoms with E-state index in [-0.39, 0.29) is 15.5 Å². The summed E-state index contributed by atoms with van der Waals surface area (Å²) in [6.45, 7) is 1.65. The van der Waals surface area contributed by atoms with E-state index < -0.39 is 23.2 Å². The van der Waals surface area contributed by atoms with Crippen molar-refractivity contribution in [3.63, 3.8) is 0 Å². The number of nitrogens with zero attached hydrogens (tertiary/aromatic N) is 2. The number of hydrogen-bond acceptors (Lipinski definition) is 6. The first-order chi connectivity index (χ1) is 15.4. The molecule has 0 saturated carbocycles. The predicted molar refractivity (Wildman–Crippen MR) is 119 cm³/mol. The van der Waals surface area contributed by atoms with Crippen LogP contribution in [0.25, 0.3) is 4.96 Å². The molecule has 2 N–H and O–H groups in total. The highest BCUT2D eigenvalue weighted by Crippen LogP contribution is 2.27. The van der Waals surface area contributed by atoms with E-state index in [0.29, 0.717) is 22.8 Å². The third-order valence-electron chi connectivity index (χ3n) is 4.53. The van der Waals surface area contributed by atoms with E-state index in [1.165, 1.54) is 37.4 Å². The number of amides is 2. The fourth-order valence-corrected chi connectivity index (χ4v) is 4.16. The lowest BCUT2D eigenvalue weighted by atomic mass is 10.2. The number of para-hydroxylation sites is 2. The van der Waals surface area contributed by atoms with Crippen molar-refractivity contribution in [2.24, 2.45) is 0 Å². The Hall–Kier alpha value is -4.05. The summed E-state index contributed by atoms with van der Waals surface area (Å²) in [5, 5.41) is 5.31. The quantitative estimate of drug-likeness (QED) is 0.481. The lowest BCUT2D eigenvalue weighted by Gasteiger charge is -2.11. The largest absolute Gasteiger partial charge is 0.495 e. The Morgan fingerprint density at radius 3 is 2.50 bits per heavy atom. The summed E-state index contributed by atoms with van der Waals surface area (Å²) in [7, 11) is 1.46. The van der Waals surface area contributed by atoms with Gasteiger partial charge in [-0.15, -0.1) is 0 Å². The normalized spacial score (nSPS) is 10.7. The Morgan fingerprint density at radius 2 is 1.78 bits per heavy atom. The van der Waals surface area contributed by atoms with Crippen molar-refractivity contribution < 1.29 is 18.7 Å². The number of methoxy groups -OCH3 is 1. The summed E-state index contributed by atoms with van der Waals surface area (Å²) in [6, 6.07) is 13.2. The number of nitrogens with one attached hydrogen (secondary N) is 2. The number of thiazole rings is 1. The molecule has 0 unspecified atom stereocenters. The highest BCUT2D eigenvalue weighted by molar-refractivity contribution is 7.19. The maximum atomic E-state index is 13.2. The molecule has 32 heavy (non-hydrogen) atoms. The van der Waals surface area contributed by atoms with Gasteiger partial charge in [0.25, 0.3) is 17.4 Å². The number of fused-ring (bicyclic) bond motifs is 1. The van der Waals surface area contributed by atoms with Crippen LogP contribution in [0.4, 0.5) is 15.8 Å². The summed E-state index contributed by atoms with van der Waals surface area (Å²) in [6.07, 6.45) is 0. The number of anilines is 2. The Balaban J connectivity index is 1.80. The number of hydrogen-bond donors (Lipinski definition) is 2. The van der Waals surface area contributed by atoms with Crippen LogP contribution in [0.3, 0.4) is 0 Å². The van der Waals surface area contributed by atoms with E-state index >= 15 is 0 Å². The van der Waals surface area contributed by atoms with E-state index in [1.807, 2.05) is 0 Å². The first kappa shape index (κ1) is 21.2. The maximum Gasteiger partial charge on any atom is 0.274 e. The van der Waals surface area contributed by atoms with Crippen LogP contribution in [-0.2, 0) is 0 Å². The minimum Gasteiger partial charge on any atom is -0.495 e. The molecule has 2 aromatic carbocycles. The van der Waals surface area contributed by atoms with Gasteiger partial charge in [0.2, 0.25) is 0 Å². The highest BCUT2D eigenvalue weighted by Gasteiger charge is 2.26. The molecule has 2 heterocycles. The third-order valence-corrected chi connectivity index (χ3v) is 5.57. The van der Waals surface area contributed by atoms with Crippen molar-refractivity contribution in [3.8, 4) is 5.75 Å². The summed E-state index contributed by atoms with van der Waals surface area (Å²) >= 11 is 0.905. The van der Waals surface area contributed by atoms with E-state index in [2.05, 4.69) is 15.6 Å². The number of benzene rings is 2. The van der Waals surface area contributed by atoms with Crippen LogP contribution in [-0.4, -0.2) is 28.3 Å². The predicted octanol–water partition coefficient (Wildman–Crippen LogP) is 3.72. The van der Waals surface area contributed by atoms with Crippen molar-refractivity contribution in [1.82, 2.24) is 9.38 Å². The van der Waals surface area contributed by atoms with Crippen LogP contribution < -0.4 is 20.9 Å². The molecule has 0 atom stereocenters. The van der Waals surface area contributed by atoms with Gasteiger partial charge in [0.1, 0.15) is 22.1 Å². The standard InChI is InChI=1S/C22H17FN4O4S/c1-12-11-17(28)27-18(20(29)26-15-5-3-4-6-16(15)31-2)19(32-22(27)24-12)21(30)25-14-9-7-13(23)8-10-14/h3-11H,1-2H3,(H,25,30)(H,26,29). The lowest BCUT2D eigenvalue weighted by molar-refractivity contribution is 0.0989. The molecule has 8 nitrogen and oxygen atoms in total. The third kappa shape index (κ3) is 4.08. The number of halogens is 1. The molecule has 0 aliphatic rings. The molecule has 0 fully saturated rings. The van der Waals surface area contributed by atoms with Crippen LogP contribution in [0.2, 0.25) is 0 Å². The fraction of sp³-hybridized carbons (Fsp3) is 0.0909. The molecular weight excluding hydrogens is 435 g/mol. The second-order valence-corrected chi connectivity index (χ2v) is 7.73. The fourth-order valence-electron chi connectivity index (χ4n) is 3.10. The summed E-state index contributed by atoms with van der Waals surface area (Å²) < 4.78 is 19.5. The maximum absolute atomic E-state index is 13.2. The van der Waals surface area contributed by atoms with Crippen molar-refractivity contribution >= 4 is 39.5 Å². The van der Waals surface area contributed by atoms with Gasteiger partial charge >= 0.3 is 0 Å². The van der Waals surface area contributed by atoms with Crippen LogP contribution in [0, 0.1) is 12.7 Å². The van der Waals surface area contributed by atoms with E-state index in [4.69, 9.17) is 4.74 Å². The van der Waals surface area contributed by atoms with E-state index in [1.54, 1.807) is 31.2 Å². The Labute approximate surface area is 185 Å². The molecule has 0 aliphatic carbocycles. The van der Waals surface area contributed by atoms with Gasteiger partial charge in [-0.1, -0.05) is 23.5 Å². The average molecular weight is 452 g/mol. The Bertz CT molecular complexity index is 1400. The smallest absolute Gasteiger partial charge is 0.274 e. The van der Waals surface area contributed by atoms with Gasteiger partial charge in [-0.2, -0.15) is 0 Å². The van der Waals surface area contributed by atoms with Crippen molar-refractivity contribution in [1.29, 1.82) is 0 Å². The number of carbonyl (C=O) groups is 2. The zero-order chi connectivity index (χ0) is 22.8. The highest BCUT2D eigenvalue weighted by atomic mass is 32.1. The summed E-state index contributed by atoms with van der Waals surface area (Å²) in [4.78, 5) is 43.4. The van der Waals surface area contributed by atoms with Crippen molar-refractivity contribution in [2.75, 3.05) is 17.7 Å². The van der Waals surface area contributed by atoms with Gasteiger partial charge in [0.05, 0.1) is 12.8 Å². The first-order valence-electron chi connectivity index (χ1n) is 9.42. The van der Waals surface area contributed by atoms with Gasteiger partial charge < -0.3 is 15.4 Å². The number of aryl methyl sites for hydroxylation is 1. The number of ether oxygens (including phenoxy) is 1. The molecule has 4 aromatic rings. The summed E-state index contributed by atoms with van der Waals surface area (Å²) in [5.74, 6) is -1.35. The van der Waals surface area contributed by atoms with Crippen LogP contribution in [0.5, 0.6) is 5.75 Å². The van der Waals surface area contributed by atoms with Gasteiger partial charge in [0.15, 0.2) is 4.96 Å². The Kier molecular flexibility index (Phi) is 5.69. The first-order valence-corrected chi connectivity index (χ1v) is 10.2. The zero-order valence-electron chi connectivity index (χ0n) is 17.0. The zero-order valence-corrected chi connectivity index (χ0v) is 17.8. The minimum atomic E-state index is -0.683. The van der Waals surface area contributed by atoms with Crippen LogP contribution >= 0.6 is 11.3 Å². The van der Waals surface area contributed by atoms with Gasteiger partial charge in [-0.25, -0.2) is 13.8 Å². The van der Waals surface area contributed by atoms with E-state index in [0.717, 1.165) is 15.7 Å². The average Bonchev–Trinajstić information content (AvgIpc) is 3.15. The molecule has 162 valence electrons. The monoisotopic (exact) mass is 452 g/mol. The summed E-state index contributed by atoms with van der Waals surface area (Å²) in [5.41, 5.74) is 0.514. The molecule has 2 amide bonds. The molecule has 10 heteroatoms.